The van der Waals surface area contributed by atoms with Gasteiger partial charge in [0.25, 0.3) is 0 Å². The van der Waals surface area contributed by atoms with Gasteiger partial charge < -0.3 is 14.8 Å². The van der Waals surface area contributed by atoms with Gasteiger partial charge in [-0.05, 0) is 39.8 Å². The van der Waals surface area contributed by atoms with E-state index in [1.54, 1.807) is 32.9 Å². The summed E-state index contributed by atoms with van der Waals surface area (Å²) in [6, 6.07) is 5.71. The van der Waals surface area contributed by atoms with Gasteiger partial charge in [-0.25, -0.2) is 13.2 Å². The zero-order chi connectivity index (χ0) is 20.4. The Balaban J connectivity index is 2.22. The van der Waals surface area contributed by atoms with Crippen molar-refractivity contribution in [2.24, 2.45) is 5.92 Å². The molecule has 2 unspecified atom stereocenters. The number of hydrogen-bond acceptors (Lipinski definition) is 6. The maximum absolute atomic E-state index is 12.9. The van der Waals surface area contributed by atoms with Crippen molar-refractivity contribution in [3.05, 3.63) is 29.8 Å². The minimum absolute atomic E-state index is 0.0464. The van der Waals surface area contributed by atoms with Gasteiger partial charge in [-0.3, -0.25) is 4.79 Å². The van der Waals surface area contributed by atoms with Crippen LogP contribution in [0.2, 0.25) is 0 Å². The molecule has 1 aromatic rings. The number of rotatable bonds is 4. The molecule has 1 heterocycles. The number of methoxy groups -OCH3 is 1. The molecule has 0 spiro atoms. The van der Waals surface area contributed by atoms with Crippen molar-refractivity contribution in [3.8, 4) is 0 Å². The monoisotopic (exact) mass is 398 g/mol. The van der Waals surface area contributed by atoms with Gasteiger partial charge in [0.15, 0.2) is 0 Å². The molecule has 0 aromatic heterocycles. The predicted molar refractivity (Wildman–Crippen MR) is 98.6 cm³/mol. The fourth-order valence-corrected chi connectivity index (χ4v) is 4.31. The van der Waals surface area contributed by atoms with Gasteiger partial charge in [0, 0.05) is 13.1 Å². The molecule has 0 aliphatic carbocycles. The van der Waals surface area contributed by atoms with Crippen molar-refractivity contribution in [3.63, 3.8) is 0 Å². The quantitative estimate of drug-likeness (QED) is 0.775. The molecule has 1 N–H and O–H groups in total. The Kier molecular flexibility index (Phi) is 6.16. The Morgan fingerprint density at radius 1 is 1.15 bits per heavy atom. The van der Waals surface area contributed by atoms with E-state index in [9.17, 15) is 18.0 Å². The molecule has 1 amide bonds. The first-order chi connectivity index (χ1) is 12.4. The van der Waals surface area contributed by atoms with E-state index in [2.05, 4.69) is 5.32 Å². The summed E-state index contributed by atoms with van der Waals surface area (Å²) in [5, 5.41) is 2.60. The van der Waals surface area contributed by atoms with E-state index < -0.39 is 39.6 Å². The van der Waals surface area contributed by atoms with Gasteiger partial charge in [0.1, 0.15) is 5.60 Å². The van der Waals surface area contributed by atoms with Crippen molar-refractivity contribution in [1.82, 2.24) is 9.62 Å². The highest BCUT2D eigenvalue weighted by molar-refractivity contribution is 7.89. The number of nitrogens with zero attached hydrogens (tertiary/aromatic N) is 1. The van der Waals surface area contributed by atoms with Crippen LogP contribution in [0.4, 0.5) is 4.79 Å². The van der Waals surface area contributed by atoms with E-state index >= 15 is 0 Å². The van der Waals surface area contributed by atoms with E-state index in [4.69, 9.17) is 9.47 Å². The standard InChI is InChI=1S/C18H26N2O6S/c1-12-6-8-13(9-7-12)27(23,24)20-10-14(16(21)25-5)15(11-20)19-17(22)26-18(2,3)4/h6-9,14-15H,10-11H2,1-5H3,(H,19,22). The second-order valence-corrected chi connectivity index (χ2v) is 9.46. The van der Waals surface area contributed by atoms with Crippen molar-refractivity contribution in [2.45, 2.75) is 44.2 Å². The molecule has 0 radical (unpaired) electrons. The molecule has 150 valence electrons. The Morgan fingerprint density at radius 2 is 1.74 bits per heavy atom. The number of hydrogen-bond donors (Lipinski definition) is 1. The number of alkyl carbamates (subject to hydrolysis) is 1. The Bertz CT molecular complexity index is 798. The topological polar surface area (TPSA) is 102 Å². The van der Waals surface area contributed by atoms with Crippen LogP contribution in [0.25, 0.3) is 0 Å². The molecule has 0 bridgehead atoms. The van der Waals surface area contributed by atoms with Crippen LogP contribution in [0.1, 0.15) is 26.3 Å². The number of benzene rings is 1. The number of esters is 1. The smallest absolute Gasteiger partial charge is 0.407 e. The molecule has 1 aliphatic rings. The molecule has 2 rings (SSSR count). The summed E-state index contributed by atoms with van der Waals surface area (Å²) < 4.78 is 37.0. The zero-order valence-electron chi connectivity index (χ0n) is 16.2. The second kappa shape index (κ2) is 7.85. The molecular weight excluding hydrogens is 372 g/mol. The minimum atomic E-state index is -3.80. The fourth-order valence-electron chi connectivity index (χ4n) is 2.82. The van der Waals surface area contributed by atoms with Crippen LogP contribution >= 0.6 is 0 Å². The van der Waals surface area contributed by atoms with Crippen molar-refractivity contribution in [2.75, 3.05) is 20.2 Å². The number of nitrogens with one attached hydrogen (secondary N) is 1. The maximum atomic E-state index is 12.9. The van der Waals surface area contributed by atoms with Crippen LogP contribution in [0.15, 0.2) is 29.2 Å². The SMILES string of the molecule is COC(=O)C1CN(S(=O)(=O)c2ccc(C)cc2)CC1NC(=O)OC(C)(C)C. The zero-order valence-corrected chi connectivity index (χ0v) is 17.0. The summed E-state index contributed by atoms with van der Waals surface area (Å²) in [6.45, 7) is 6.88. The Labute approximate surface area is 159 Å². The van der Waals surface area contributed by atoms with Crippen molar-refractivity contribution >= 4 is 22.1 Å². The highest BCUT2D eigenvalue weighted by Crippen LogP contribution is 2.26. The van der Waals surface area contributed by atoms with Crippen LogP contribution in [0.3, 0.4) is 0 Å². The van der Waals surface area contributed by atoms with Gasteiger partial charge >= 0.3 is 12.1 Å². The molecule has 1 aromatic carbocycles. The molecule has 1 aliphatic heterocycles. The molecule has 1 saturated heterocycles. The maximum Gasteiger partial charge on any atom is 0.407 e. The lowest BCUT2D eigenvalue weighted by atomic mass is 10.0. The lowest BCUT2D eigenvalue weighted by Gasteiger charge is -2.23. The number of amides is 1. The summed E-state index contributed by atoms with van der Waals surface area (Å²) in [5.41, 5.74) is 0.226. The second-order valence-electron chi connectivity index (χ2n) is 7.52. The number of aryl methyl sites for hydroxylation is 1. The molecule has 9 heteroatoms. The number of carbonyl (C=O) groups excluding carboxylic acids is 2. The van der Waals surface area contributed by atoms with Gasteiger partial charge in [0.2, 0.25) is 10.0 Å². The Morgan fingerprint density at radius 3 is 2.26 bits per heavy atom. The predicted octanol–water partition coefficient (Wildman–Crippen LogP) is 1.68. The molecule has 1 fully saturated rings. The third-order valence-corrected chi connectivity index (χ3v) is 6.00. The van der Waals surface area contributed by atoms with Crippen LogP contribution in [0.5, 0.6) is 0 Å². The summed E-state index contributed by atoms with van der Waals surface area (Å²) in [4.78, 5) is 24.3. The van der Waals surface area contributed by atoms with Crippen LogP contribution in [-0.4, -0.2) is 56.6 Å². The molecular formula is C18H26N2O6S. The van der Waals surface area contributed by atoms with Crippen molar-refractivity contribution in [1.29, 1.82) is 0 Å². The van der Waals surface area contributed by atoms with E-state index in [1.807, 2.05) is 6.92 Å². The Hall–Kier alpha value is -2.13. The summed E-state index contributed by atoms with van der Waals surface area (Å²) in [6.07, 6.45) is -0.712. The van der Waals surface area contributed by atoms with E-state index in [-0.39, 0.29) is 18.0 Å². The fraction of sp³-hybridized carbons (Fsp3) is 0.556. The first kappa shape index (κ1) is 21.2. The summed E-state index contributed by atoms with van der Waals surface area (Å²) in [5.74, 6) is -1.40. The highest BCUT2D eigenvalue weighted by atomic mass is 32.2. The lowest BCUT2D eigenvalue weighted by Crippen LogP contribution is -2.45. The van der Waals surface area contributed by atoms with Crippen molar-refractivity contribution < 1.29 is 27.5 Å². The molecule has 8 nitrogen and oxygen atoms in total. The first-order valence-corrected chi connectivity index (χ1v) is 10.0. The van der Waals surface area contributed by atoms with Gasteiger partial charge in [-0.1, -0.05) is 17.7 Å². The average Bonchev–Trinajstić information content (AvgIpc) is 2.97. The van der Waals surface area contributed by atoms with E-state index in [0.29, 0.717) is 0 Å². The van der Waals surface area contributed by atoms with E-state index in [0.717, 1.165) is 5.56 Å². The van der Waals surface area contributed by atoms with Crippen LogP contribution in [-0.2, 0) is 24.3 Å². The molecule has 0 saturated carbocycles. The first-order valence-electron chi connectivity index (χ1n) is 8.58. The number of carbonyl (C=O) groups is 2. The summed E-state index contributed by atoms with van der Waals surface area (Å²) in [7, 11) is -2.57. The average molecular weight is 398 g/mol. The van der Waals surface area contributed by atoms with Crippen LogP contribution < -0.4 is 5.32 Å². The molecule has 2 atom stereocenters. The van der Waals surface area contributed by atoms with E-state index in [1.165, 1.54) is 23.5 Å². The minimum Gasteiger partial charge on any atom is -0.469 e. The normalized spacial score (nSPS) is 20.9. The van der Waals surface area contributed by atoms with Gasteiger partial charge in [0.05, 0.1) is 24.0 Å². The number of sulfonamides is 1. The lowest BCUT2D eigenvalue weighted by molar-refractivity contribution is -0.145. The van der Waals surface area contributed by atoms with Gasteiger partial charge in [-0.2, -0.15) is 4.31 Å². The highest BCUT2D eigenvalue weighted by Gasteiger charge is 2.44. The third kappa shape index (κ3) is 5.20. The third-order valence-electron chi connectivity index (χ3n) is 4.15. The number of ether oxygens (including phenoxy) is 2. The summed E-state index contributed by atoms with van der Waals surface area (Å²) >= 11 is 0. The largest absolute Gasteiger partial charge is 0.469 e. The molecule has 27 heavy (non-hydrogen) atoms. The van der Waals surface area contributed by atoms with Gasteiger partial charge in [-0.15, -0.1) is 0 Å². The van der Waals surface area contributed by atoms with Crippen LogP contribution in [0, 0.1) is 12.8 Å².